The summed E-state index contributed by atoms with van der Waals surface area (Å²) in [5.74, 6) is 0.454. The minimum absolute atomic E-state index is 0.102. The van der Waals surface area contributed by atoms with E-state index < -0.39 is 10.0 Å². The van der Waals surface area contributed by atoms with E-state index in [-0.39, 0.29) is 29.8 Å². The molecule has 10 heteroatoms. The van der Waals surface area contributed by atoms with Crippen LogP contribution < -0.4 is 14.8 Å². The number of aromatic nitrogens is 1. The average molecular weight is 502 g/mol. The minimum atomic E-state index is -3.70. The van der Waals surface area contributed by atoms with Crippen molar-refractivity contribution in [2.75, 3.05) is 32.6 Å². The molecular weight excluding hydrogens is 474 g/mol. The predicted molar refractivity (Wildman–Crippen MR) is 132 cm³/mol. The standard InChI is InChI=1S/C24H27N3O5S2/c1-16-25-21(15-33-16)18-5-4-6-19(13-18)26-24(28)17-9-11-27(12-10-17)34(29,30)20-7-8-22(31-2)23(14-20)32-3/h4-8,13-15,17H,9-12H2,1-3H3,(H,26,28). The molecule has 0 atom stereocenters. The number of amides is 1. The highest BCUT2D eigenvalue weighted by atomic mass is 32.2. The fourth-order valence-corrected chi connectivity index (χ4v) is 6.09. The van der Waals surface area contributed by atoms with Gasteiger partial charge in [0.1, 0.15) is 0 Å². The Labute approximate surface area is 203 Å². The van der Waals surface area contributed by atoms with Crippen molar-refractivity contribution in [3.05, 3.63) is 52.9 Å². The maximum absolute atomic E-state index is 13.1. The fraction of sp³-hybridized carbons (Fsp3) is 0.333. The summed E-state index contributed by atoms with van der Waals surface area (Å²) >= 11 is 1.58. The van der Waals surface area contributed by atoms with Crippen molar-refractivity contribution in [2.24, 2.45) is 5.92 Å². The number of piperidine rings is 1. The number of ether oxygens (including phenoxy) is 2. The molecule has 1 aliphatic rings. The summed E-state index contributed by atoms with van der Waals surface area (Å²) in [5, 5.41) is 5.96. The van der Waals surface area contributed by atoms with Gasteiger partial charge in [-0.05, 0) is 44.0 Å². The number of hydrogen-bond donors (Lipinski definition) is 1. The molecule has 1 amide bonds. The van der Waals surface area contributed by atoms with Gasteiger partial charge in [-0.2, -0.15) is 4.31 Å². The number of benzene rings is 2. The molecule has 0 bridgehead atoms. The van der Waals surface area contributed by atoms with E-state index in [1.165, 1.54) is 30.7 Å². The Hall–Kier alpha value is -2.95. The van der Waals surface area contributed by atoms with E-state index in [9.17, 15) is 13.2 Å². The van der Waals surface area contributed by atoms with Crippen molar-refractivity contribution < 1.29 is 22.7 Å². The Morgan fingerprint density at radius 3 is 2.47 bits per heavy atom. The van der Waals surface area contributed by atoms with Gasteiger partial charge < -0.3 is 14.8 Å². The maximum atomic E-state index is 13.1. The zero-order chi connectivity index (χ0) is 24.3. The maximum Gasteiger partial charge on any atom is 0.243 e. The highest BCUT2D eigenvalue weighted by Crippen LogP contribution is 2.32. The molecule has 1 aliphatic heterocycles. The van der Waals surface area contributed by atoms with E-state index in [1.54, 1.807) is 17.4 Å². The number of methoxy groups -OCH3 is 2. The summed E-state index contributed by atoms with van der Waals surface area (Å²) in [7, 11) is -0.739. The van der Waals surface area contributed by atoms with Crippen LogP contribution in [0.4, 0.5) is 5.69 Å². The first-order valence-electron chi connectivity index (χ1n) is 10.9. The van der Waals surface area contributed by atoms with Gasteiger partial charge in [0, 0.05) is 41.7 Å². The number of anilines is 1. The molecule has 0 unspecified atom stereocenters. The number of thiazole rings is 1. The Kier molecular flexibility index (Phi) is 7.20. The number of rotatable bonds is 7. The number of nitrogens with one attached hydrogen (secondary N) is 1. The molecule has 2 heterocycles. The molecule has 1 aromatic heterocycles. The molecule has 1 N–H and O–H groups in total. The first-order chi connectivity index (χ1) is 16.3. The van der Waals surface area contributed by atoms with Crippen molar-refractivity contribution in [2.45, 2.75) is 24.7 Å². The average Bonchev–Trinajstić information content (AvgIpc) is 3.30. The largest absolute Gasteiger partial charge is 0.493 e. The fourth-order valence-electron chi connectivity index (χ4n) is 3.98. The number of hydrogen-bond acceptors (Lipinski definition) is 7. The van der Waals surface area contributed by atoms with Crippen molar-refractivity contribution in [1.29, 1.82) is 0 Å². The van der Waals surface area contributed by atoms with Crippen LogP contribution in [0.25, 0.3) is 11.3 Å². The Morgan fingerprint density at radius 2 is 1.82 bits per heavy atom. The molecule has 3 aromatic rings. The Bertz CT molecular complexity index is 1280. The molecule has 34 heavy (non-hydrogen) atoms. The third kappa shape index (κ3) is 5.08. The van der Waals surface area contributed by atoms with Crippen LogP contribution in [0.3, 0.4) is 0 Å². The third-order valence-corrected chi connectivity index (χ3v) is 8.53. The van der Waals surface area contributed by atoms with Crippen LogP contribution in [-0.2, 0) is 14.8 Å². The molecule has 1 saturated heterocycles. The second-order valence-corrected chi connectivity index (χ2v) is 11.0. The van der Waals surface area contributed by atoms with E-state index in [0.717, 1.165) is 16.3 Å². The lowest BCUT2D eigenvalue weighted by molar-refractivity contribution is -0.120. The second-order valence-electron chi connectivity index (χ2n) is 8.02. The zero-order valence-electron chi connectivity index (χ0n) is 19.3. The molecule has 8 nitrogen and oxygen atoms in total. The van der Waals surface area contributed by atoms with E-state index in [0.29, 0.717) is 30.0 Å². The second kappa shape index (κ2) is 10.1. The number of sulfonamides is 1. The van der Waals surface area contributed by atoms with Gasteiger partial charge in [-0.1, -0.05) is 12.1 Å². The lowest BCUT2D eigenvalue weighted by Crippen LogP contribution is -2.41. The number of carbonyl (C=O) groups excluding carboxylic acids is 1. The van der Waals surface area contributed by atoms with Crippen LogP contribution in [0, 0.1) is 12.8 Å². The number of nitrogens with zero attached hydrogens (tertiary/aromatic N) is 2. The van der Waals surface area contributed by atoms with Crippen LogP contribution in [0.15, 0.2) is 52.7 Å². The predicted octanol–water partition coefficient (Wildman–Crippen LogP) is 4.18. The molecule has 2 aromatic carbocycles. The van der Waals surface area contributed by atoms with Gasteiger partial charge in [0.15, 0.2) is 11.5 Å². The Balaban J connectivity index is 1.39. The van der Waals surface area contributed by atoms with Gasteiger partial charge in [0.05, 0.1) is 29.8 Å². The summed E-state index contributed by atoms with van der Waals surface area (Å²) in [4.78, 5) is 17.5. The van der Waals surface area contributed by atoms with Crippen molar-refractivity contribution in [3.63, 3.8) is 0 Å². The first kappa shape index (κ1) is 24.2. The van der Waals surface area contributed by atoms with Crippen molar-refractivity contribution in [3.8, 4) is 22.8 Å². The highest BCUT2D eigenvalue weighted by molar-refractivity contribution is 7.89. The van der Waals surface area contributed by atoms with Gasteiger partial charge in [0.25, 0.3) is 0 Å². The van der Waals surface area contributed by atoms with Gasteiger partial charge >= 0.3 is 0 Å². The summed E-state index contributed by atoms with van der Waals surface area (Å²) < 4.78 is 38.1. The normalized spacial score (nSPS) is 15.1. The lowest BCUT2D eigenvalue weighted by atomic mass is 9.97. The monoisotopic (exact) mass is 501 g/mol. The molecule has 0 saturated carbocycles. The molecular formula is C24H27N3O5S2. The first-order valence-corrected chi connectivity index (χ1v) is 13.2. The number of aryl methyl sites for hydroxylation is 1. The van der Waals surface area contributed by atoms with Crippen LogP contribution in [0.1, 0.15) is 17.8 Å². The van der Waals surface area contributed by atoms with Crippen LogP contribution in [0.2, 0.25) is 0 Å². The van der Waals surface area contributed by atoms with Gasteiger partial charge in [0.2, 0.25) is 15.9 Å². The van der Waals surface area contributed by atoms with Gasteiger partial charge in [-0.3, -0.25) is 4.79 Å². The van der Waals surface area contributed by atoms with E-state index in [1.807, 2.05) is 36.6 Å². The van der Waals surface area contributed by atoms with E-state index >= 15 is 0 Å². The summed E-state index contributed by atoms with van der Waals surface area (Å²) in [5.41, 5.74) is 2.53. The molecule has 180 valence electrons. The Morgan fingerprint density at radius 1 is 1.09 bits per heavy atom. The molecule has 1 fully saturated rings. The molecule has 0 aliphatic carbocycles. The van der Waals surface area contributed by atoms with Crippen molar-refractivity contribution in [1.82, 2.24) is 9.29 Å². The molecule has 0 radical (unpaired) electrons. The smallest absolute Gasteiger partial charge is 0.243 e. The molecule has 0 spiro atoms. The topological polar surface area (TPSA) is 97.8 Å². The van der Waals surface area contributed by atoms with Crippen LogP contribution in [0.5, 0.6) is 11.5 Å². The zero-order valence-corrected chi connectivity index (χ0v) is 20.9. The summed E-state index contributed by atoms with van der Waals surface area (Å²) in [6.07, 6.45) is 0.895. The van der Waals surface area contributed by atoms with Gasteiger partial charge in [-0.25, -0.2) is 13.4 Å². The SMILES string of the molecule is COc1ccc(S(=O)(=O)N2CCC(C(=O)Nc3cccc(-c4csc(C)n4)c3)CC2)cc1OC. The highest BCUT2D eigenvalue weighted by Gasteiger charge is 2.32. The third-order valence-electron chi connectivity index (χ3n) is 5.86. The summed E-state index contributed by atoms with van der Waals surface area (Å²) in [6.45, 7) is 2.50. The molecule has 4 rings (SSSR count). The quantitative estimate of drug-likeness (QED) is 0.522. The van der Waals surface area contributed by atoms with Crippen LogP contribution >= 0.6 is 11.3 Å². The minimum Gasteiger partial charge on any atom is -0.493 e. The van der Waals surface area contributed by atoms with E-state index in [2.05, 4.69) is 10.3 Å². The van der Waals surface area contributed by atoms with E-state index in [4.69, 9.17) is 9.47 Å². The van der Waals surface area contributed by atoms with Gasteiger partial charge in [-0.15, -0.1) is 11.3 Å². The van der Waals surface area contributed by atoms with Crippen LogP contribution in [-0.4, -0.2) is 50.9 Å². The summed E-state index contributed by atoms with van der Waals surface area (Å²) in [6, 6.07) is 12.1. The number of carbonyl (C=O) groups is 1. The lowest BCUT2D eigenvalue weighted by Gasteiger charge is -2.30. The van der Waals surface area contributed by atoms with Crippen molar-refractivity contribution >= 4 is 33.0 Å².